The fraction of sp³-hybridized carbons (Fsp3) is 0.600. The summed E-state index contributed by atoms with van der Waals surface area (Å²) in [5.74, 6) is 1.82. The number of nitrogens with zero attached hydrogens (tertiary/aromatic N) is 4. The van der Waals surface area contributed by atoms with E-state index in [9.17, 15) is 13.2 Å². The van der Waals surface area contributed by atoms with Crippen molar-refractivity contribution in [3.05, 3.63) is 51.9 Å². The Bertz CT molecular complexity index is 1260. The summed E-state index contributed by atoms with van der Waals surface area (Å²) in [5, 5.41) is 7.85. The minimum absolute atomic E-state index is 0.0178. The number of rotatable bonds is 8. The normalized spacial score (nSPS) is 26.9. The van der Waals surface area contributed by atoms with Crippen molar-refractivity contribution in [2.45, 2.75) is 44.2 Å². The second-order valence-electron chi connectivity index (χ2n) is 10.5. The molecule has 11 heteroatoms. The molecular formula is C25H32ClN5O4S. The molecule has 0 bridgehead atoms. The number of fused-ring (bicyclic) bond motifs is 1. The summed E-state index contributed by atoms with van der Waals surface area (Å²) in [5.41, 5.74) is 0.909. The number of para-hydroxylation sites is 1. The van der Waals surface area contributed by atoms with E-state index in [1.165, 1.54) is 15.4 Å². The summed E-state index contributed by atoms with van der Waals surface area (Å²) >= 11 is 6.45. The van der Waals surface area contributed by atoms with E-state index in [-0.39, 0.29) is 22.7 Å². The van der Waals surface area contributed by atoms with Crippen molar-refractivity contribution in [3.8, 4) is 0 Å². The molecule has 36 heavy (non-hydrogen) atoms. The van der Waals surface area contributed by atoms with E-state index in [1.807, 2.05) is 30.3 Å². The van der Waals surface area contributed by atoms with Gasteiger partial charge in [-0.2, -0.15) is 17.8 Å². The van der Waals surface area contributed by atoms with Crippen LogP contribution in [0, 0.1) is 17.8 Å². The largest absolute Gasteiger partial charge is 0.382 e. The fourth-order valence-corrected chi connectivity index (χ4v) is 7.77. The minimum atomic E-state index is -3.65. The van der Waals surface area contributed by atoms with E-state index in [1.54, 1.807) is 10.5 Å². The highest BCUT2D eigenvalue weighted by molar-refractivity contribution is 7.90. The average molecular weight is 534 g/mol. The topological polar surface area (TPSA) is 96.8 Å². The van der Waals surface area contributed by atoms with Gasteiger partial charge in [0.15, 0.2) is 0 Å². The first-order chi connectivity index (χ1) is 17.4. The monoisotopic (exact) mass is 533 g/mol. The van der Waals surface area contributed by atoms with Crippen molar-refractivity contribution in [1.29, 1.82) is 0 Å². The predicted molar refractivity (Wildman–Crippen MR) is 139 cm³/mol. The molecule has 194 valence electrons. The molecule has 0 spiro atoms. The first-order valence-electron chi connectivity index (χ1n) is 12.9. The molecule has 6 rings (SSSR count). The van der Waals surface area contributed by atoms with Crippen molar-refractivity contribution in [2.75, 3.05) is 42.5 Å². The van der Waals surface area contributed by atoms with E-state index in [2.05, 4.69) is 10.4 Å². The van der Waals surface area contributed by atoms with E-state index in [0.29, 0.717) is 61.6 Å². The summed E-state index contributed by atoms with van der Waals surface area (Å²) in [6.45, 7) is 2.98. The number of aromatic nitrogens is 2. The molecule has 2 saturated carbocycles. The summed E-state index contributed by atoms with van der Waals surface area (Å²) in [6.07, 6.45) is 5.59. The zero-order valence-corrected chi connectivity index (χ0v) is 21.7. The third-order valence-corrected chi connectivity index (χ3v) is 10.4. The number of piperidine rings is 1. The summed E-state index contributed by atoms with van der Waals surface area (Å²) in [6, 6.07) is 9.11. The maximum Gasteiger partial charge on any atom is 0.304 e. The number of nitrogens with one attached hydrogen (secondary N) is 1. The van der Waals surface area contributed by atoms with E-state index in [0.717, 1.165) is 26.1 Å². The van der Waals surface area contributed by atoms with Gasteiger partial charge < -0.3 is 10.1 Å². The lowest BCUT2D eigenvalue weighted by molar-refractivity contribution is 0.0517. The van der Waals surface area contributed by atoms with Crippen molar-refractivity contribution in [3.63, 3.8) is 0 Å². The van der Waals surface area contributed by atoms with Crippen LogP contribution < -0.4 is 15.2 Å². The van der Waals surface area contributed by atoms with E-state index in [4.69, 9.17) is 16.3 Å². The minimum Gasteiger partial charge on any atom is -0.382 e. The van der Waals surface area contributed by atoms with Crippen LogP contribution in [0.3, 0.4) is 0 Å². The smallest absolute Gasteiger partial charge is 0.304 e. The first kappa shape index (κ1) is 24.2. The van der Waals surface area contributed by atoms with Crippen molar-refractivity contribution >= 4 is 33.2 Å². The molecule has 9 nitrogen and oxygen atoms in total. The Labute approximate surface area is 216 Å². The van der Waals surface area contributed by atoms with Crippen molar-refractivity contribution in [2.24, 2.45) is 17.8 Å². The zero-order chi connectivity index (χ0) is 24.9. The molecule has 1 N–H and O–H groups in total. The quantitative estimate of drug-likeness (QED) is 0.560. The van der Waals surface area contributed by atoms with Crippen LogP contribution in [0.1, 0.15) is 38.1 Å². The van der Waals surface area contributed by atoms with Crippen LogP contribution in [0.4, 0.5) is 11.4 Å². The second-order valence-corrected chi connectivity index (χ2v) is 12.6. The Morgan fingerprint density at radius 2 is 1.86 bits per heavy atom. The highest BCUT2D eigenvalue weighted by Gasteiger charge is 2.46. The lowest BCUT2D eigenvalue weighted by Gasteiger charge is -2.36. The summed E-state index contributed by atoms with van der Waals surface area (Å²) in [4.78, 5) is 13.0. The Hall–Kier alpha value is -2.14. The van der Waals surface area contributed by atoms with Crippen LogP contribution in [-0.2, 0) is 14.9 Å². The lowest BCUT2D eigenvalue weighted by atomic mass is 10.0. The van der Waals surface area contributed by atoms with E-state index < -0.39 is 10.2 Å². The maximum atomic E-state index is 13.5. The maximum absolute atomic E-state index is 13.5. The third kappa shape index (κ3) is 4.64. The Morgan fingerprint density at radius 3 is 2.58 bits per heavy atom. The molecule has 4 aliphatic rings. The fourth-order valence-electron chi connectivity index (χ4n) is 5.67. The van der Waals surface area contributed by atoms with E-state index >= 15 is 0 Å². The van der Waals surface area contributed by atoms with Crippen LogP contribution in [0.25, 0.3) is 0 Å². The predicted octanol–water partition coefficient (Wildman–Crippen LogP) is 3.14. The Kier molecular flexibility index (Phi) is 6.47. The van der Waals surface area contributed by atoms with Crippen molar-refractivity contribution in [1.82, 2.24) is 14.1 Å². The third-order valence-electron chi connectivity index (χ3n) is 7.98. The molecule has 1 aromatic carbocycles. The van der Waals surface area contributed by atoms with Gasteiger partial charge in [-0.25, -0.2) is 4.68 Å². The van der Waals surface area contributed by atoms with Crippen LogP contribution >= 0.6 is 11.6 Å². The highest BCUT2D eigenvalue weighted by atomic mass is 35.5. The molecule has 3 atom stereocenters. The van der Waals surface area contributed by atoms with Gasteiger partial charge in [0.25, 0.3) is 5.56 Å². The SMILES string of the molecule is O=c1c(Cl)c(NC[C@@H]2COC[C@@H]3C[C@H]23)cnn1C1CCN(S(=O)(=O)N(c2ccccc2)C2CC2)CC1. The highest BCUT2D eigenvalue weighted by Crippen LogP contribution is 2.47. The van der Waals surface area contributed by atoms with Crippen molar-refractivity contribution < 1.29 is 13.2 Å². The van der Waals surface area contributed by atoms with Gasteiger partial charge >= 0.3 is 10.2 Å². The van der Waals surface area contributed by atoms with Crippen LogP contribution in [0.15, 0.2) is 41.3 Å². The summed E-state index contributed by atoms with van der Waals surface area (Å²) in [7, 11) is -3.65. The molecule has 1 aromatic heterocycles. The number of anilines is 2. The van der Waals surface area contributed by atoms with Gasteiger partial charge in [0.2, 0.25) is 0 Å². The van der Waals surface area contributed by atoms with Gasteiger partial charge in [-0.1, -0.05) is 29.8 Å². The molecule has 2 saturated heterocycles. The molecule has 2 aromatic rings. The molecule has 0 radical (unpaired) electrons. The number of ether oxygens (including phenoxy) is 1. The lowest BCUT2D eigenvalue weighted by Crippen LogP contribution is -2.49. The Morgan fingerprint density at radius 1 is 1.11 bits per heavy atom. The standard InChI is InChI=1S/C25H32ClN5O4S/c26-24-23(27-13-18-16-35-15-17-12-22(17)18)14-28-30(25(24)32)19-8-10-29(11-9-19)36(33,34)31(21-6-7-21)20-4-2-1-3-5-20/h1-5,14,17-19,21-22,27H,6-13,15-16H2/t17-,18+,22-/m0/s1. The van der Waals surface area contributed by atoms with Gasteiger partial charge in [-0.15, -0.1) is 0 Å². The number of halogens is 1. The number of benzene rings is 1. The molecule has 0 amide bonds. The second kappa shape index (κ2) is 9.63. The molecular weight excluding hydrogens is 502 g/mol. The molecule has 3 heterocycles. The van der Waals surface area contributed by atoms with Gasteiger partial charge in [0.05, 0.1) is 30.2 Å². The number of hydrogen-bond donors (Lipinski definition) is 1. The first-order valence-corrected chi connectivity index (χ1v) is 14.6. The van der Waals surface area contributed by atoms with Gasteiger partial charge in [-0.3, -0.25) is 9.10 Å². The van der Waals surface area contributed by atoms with Gasteiger partial charge in [-0.05, 0) is 56.1 Å². The molecule has 2 aliphatic heterocycles. The molecule has 4 fully saturated rings. The summed E-state index contributed by atoms with van der Waals surface area (Å²) < 4.78 is 37.3. The van der Waals surface area contributed by atoms with Crippen LogP contribution in [0.2, 0.25) is 5.02 Å². The number of hydrogen-bond acceptors (Lipinski definition) is 6. The average Bonchev–Trinajstić information content (AvgIpc) is 3.81. The molecule has 0 unspecified atom stereocenters. The van der Waals surface area contributed by atoms with Gasteiger partial charge in [0.1, 0.15) is 5.02 Å². The zero-order valence-electron chi connectivity index (χ0n) is 20.1. The Balaban J connectivity index is 1.11. The van der Waals surface area contributed by atoms with Crippen LogP contribution in [-0.4, -0.2) is 61.4 Å². The molecule has 2 aliphatic carbocycles. The van der Waals surface area contributed by atoms with Gasteiger partial charge in [0, 0.05) is 38.2 Å². The van der Waals surface area contributed by atoms with Crippen LogP contribution in [0.5, 0.6) is 0 Å².